The van der Waals surface area contributed by atoms with E-state index in [-0.39, 0.29) is 0 Å². The predicted molar refractivity (Wildman–Crippen MR) is 113 cm³/mol. The van der Waals surface area contributed by atoms with Crippen LogP contribution in [0.4, 0.5) is 5.95 Å². The van der Waals surface area contributed by atoms with Gasteiger partial charge in [-0.1, -0.05) is 36.0 Å². The summed E-state index contributed by atoms with van der Waals surface area (Å²) in [6.45, 7) is 5.10. The molecule has 1 fully saturated rings. The molecule has 0 N–H and O–H groups in total. The molecule has 1 aliphatic heterocycles. The molecule has 1 saturated heterocycles. The van der Waals surface area contributed by atoms with Crippen molar-refractivity contribution in [2.45, 2.75) is 17.8 Å². The summed E-state index contributed by atoms with van der Waals surface area (Å²) in [5.41, 5.74) is 3.92. The Hall–Kier alpha value is -2.84. The quantitative estimate of drug-likeness (QED) is 0.466. The van der Waals surface area contributed by atoms with Crippen LogP contribution in [-0.2, 0) is 10.5 Å². The first-order valence-electron chi connectivity index (χ1n) is 9.60. The Morgan fingerprint density at radius 1 is 1.03 bits per heavy atom. The maximum absolute atomic E-state index is 5.86. The van der Waals surface area contributed by atoms with Gasteiger partial charge in [-0.3, -0.25) is 4.57 Å². The fourth-order valence-corrected chi connectivity index (χ4v) is 4.22. The maximum Gasteiger partial charge on any atom is 0.232 e. The monoisotopic (exact) mass is 407 g/mol. The fourth-order valence-electron chi connectivity index (χ4n) is 3.42. The first kappa shape index (κ1) is 18.2. The van der Waals surface area contributed by atoms with Gasteiger partial charge in [-0.2, -0.15) is 0 Å². The zero-order valence-corrected chi connectivity index (χ0v) is 16.9. The van der Waals surface area contributed by atoms with Crippen molar-refractivity contribution in [1.82, 2.24) is 19.7 Å². The van der Waals surface area contributed by atoms with Crippen LogP contribution < -0.4 is 4.90 Å². The molecule has 0 amide bonds. The molecule has 7 nitrogen and oxygen atoms in total. The number of aromatic nitrogens is 4. The fraction of sp³-hybridized carbons (Fsp3) is 0.286. The van der Waals surface area contributed by atoms with Crippen molar-refractivity contribution in [2.24, 2.45) is 0 Å². The summed E-state index contributed by atoms with van der Waals surface area (Å²) in [4.78, 5) is 6.79. The van der Waals surface area contributed by atoms with E-state index in [1.54, 1.807) is 11.8 Å². The lowest BCUT2D eigenvalue weighted by atomic mass is 10.2. The van der Waals surface area contributed by atoms with E-state index in [4.69, 9.17) is 9.15 Å². The summed E-state index contributed by atoms with van der Waals surface area (Å²) in [5, 5.41) is 9.82. The molecular formula is C21H21N5O2S. The lowest BCUT2D eigenvalue weighted by Crippen LogP contribution is -2.37. The molecule has 148 valence electrons. The van der Waals surface area contributed by atoms with Crippen LogP contribution >= 0.6 is 11.8 Å². The summed E-state index contributed by atoms with van der Waals surface area (Å²) >= 11 is 1.58. The van der Waals surface area contributed by atoms with E-state index in [1.165, 1.54) is 5.56 Å². The third-order valence-electron chi connectivity index (χ3n) is 4.83. The molecule has 0 radical (unpaired) electrons. The van der Waals surface area contributed by atoms with Crippen molar-refractivity contribution >= 4 is 28.8 Å². The number of nitrogens with zero attached hydrogens (tertiary/aromatic N) is 5. The summed E-state index contributed by atoms with van der Waals surface area (Å²) in [6, 6.07) is 16.2. The van der Waals surface area contributed by atoms with E-state index in [0.29, 0.717) is 24.9 Å². The van der Waals surface area contributed by atoms with E-state index >= 15 is 0 Å². The van der Waals surface area contributed by atoms with Crippen molar-refractivity contribution < 1.29 is 9.15 Å². The molecule has 0 unspecified atom stereocenters. The zero-order chi connectivity index (χ0) is 19.6. The third kappa shape index (κ3) is 3.73. The van der Waals surface area contributed by atoms with E-state index < -0.39 is 0 Å². The van der Waals surface area contributed by atoms with Crippen LogP contribution in [0.5, 0.6) is 0 Å². The lowest BCUT2D eigenvalue weighted by molar-refractivity contribution is 0.122. The Bertz CT molecular complexity index is 1100. The maximum atomic E-state index is 5.86. The van der Waals surface area contributed by atoms with Crippen LogP contribution in [0.1, 0.15) is 11.5 Å². The van der Waals surface area contributed by atoms with Crippen LogP contribution in [0.15, 0.2) is 58.1 Å². The molecule has 0 aliphatic carbocycles. The Balaban J connectivity index is 1.47. The Labute approximate surface area is 172 Å². The van der Waals surface area contributed by atoms with Gasteiger partial charge in [0, 0.05) is 13.1 Å². The molecule has 0 saturated carbocycles. The molecular weight excluding hydrogens is 386 g/mol. The van der Waals surface area contributed by atoms with Crippen LogP contribution in [0.2, 0.25) is 0 Å². The number of ether oxygens (including phenoxy) is 1. The number of aryl methyl sites for hydroxylation is 1. The van der Waals surface area contributed by atoms with E-state index in [0.717, 1.165) is 41.0 Å². The van der Waals surface area contributed by atoms with Gasteiger partial charge in [0.25, 0.3) is 0 Å². The second-order valence-electron chi connectivity index (χ2n) is 6.92. The highest BCUT2D eigenvalue weighted by atomic mass is 32.2. The van der Waals surface area contributed by atoms with Gasteiger partial charge in [0.1, 0.15) is 5.52 Å². The molecule has 0 spiro atoms. The first-order chi connectivity index (χ1) is 14.3. The first-order valence-corrected chi connectivity index (χ1v) is 10.6. The summed E-state index contributed by atoms with van der Waals surface area (Å²) in [5.74, 6) is 2.11. The predicted octanol–water partition coefficient (Wildman–Crippen LogP) is 3.85. The van der Waals surface area contributed by atoms with Crippen molar-refractivity contribution in [2.75, 3.05) is 31.2 Å². The van der Waals surface area contributed by atoms with E-state index in [9.17, 15) is 0 Å². The van der Waals surface area contributed by atoms with Crippen LogP contribution in [-0.4, -0.2) is 46.1 Å². The second-order valence-corrected chi connectivity index (χ2v) is 7.86. The molecule has 2 aromatic heterocycles. The van der Waals surface area contributed by atoms with Crippen molar-refractivity contribution in [3.05, 3.63) is 60.0 Å². The molecule has 5 rings (SSSR count). The summed E-state index contributed by atoms with van der Waals surface area (Å²) in [7, 11) is 0. The van der Waals surface area contributed by atoms with Gasteiger partial charge in [0.2, 0.25) is 11.8 Å². The number of morpholine rings is 1. The number of rotatable bonds is 5. The minimum atomic E-state index is 0.585. The molecule has 1 aliphatic rings. The minimum absolute atomic E-state index is 0.585. The third-order valence-corrected chi connectivity index (χ3v) is 5.75. The number of para-hydroxylation sites is 2. The van der Waals surface area contributed by atoms with Crippen LogP contribution in [0.25, 0.3) is 16.8 Å². The number of oxazole rings is 1. The largest absolute Gasteiger partial charge is 0.440 e. The molecule has 2 aromatic carbocycles. The van der Waals surface area contributed by atoms with Crippen molar-refractivity contribution in [1.29, 1.82) is 0 Å². The minimum Gasteiger partial charge on any atom is -0.440 e. The van der Waals surface area contributed by atoms with E-state index in [2.05, 4.69) is 55.8 Å². The number of anilines is 1. The van der Waals surface area contributed by atoms with Gasteiger partial charge < -0.3 is 14.1 Å². The molecule has 4 aromatic rings. The highest BCUT2D eigenvalue weighted by Crippen LogP contribution is 2.30. The van der Waals surface area contributed by atoms with Gasteiger partial charge in [0.05, 0.1) is 24.7 Å². The average molecular weight is 407 g/mol. The van der Waals surface area contributed by atoms with Crippen molar-refractivity contribution in [3.8, 4) is 5.69 Å². The Kier molecular flexibility index (Phi) is 4.95. The number of benzene rings is 2. The smallest absolute Gasteiger partial charge is 0.232 e. The molecule has 29 heavy (non-hydrogen) atoms. The standard InChI is InChI=1S/C21H21N5O2S/c1-15-5-4-6-16(13-15)26-20(25-9-11-27-12-10-25)23-24-21(26)29-14-19-22-17-7-2-3-8-18(17)28-19/h2-8,13H,9-12,14H2,1H3. The highest BCUT2D eigenvalue weighted by Gasteiger charge is 2.22. The highest BCUT2D eigenvalue weighted by molar-refractivity contribution is 7.98. The van der Waals surface area contributed by atoms with Gasteiger partial charge in [-0.25, -0.2) is 4.98 Å². The topological polar surface area (TPSA) is 69.2 Å². The number of hydrogen-bond donors (Lipinski definition) is 0. The van der Waals surface area contributed by atoms with Gasteiger partial charge in [0.15, 0.2) is 10.7 Å². The van der Waals surface area contributed by atoms with Gasteiger partial charge in [-0.15, -0.1) is 10.2 Å². The SMILES string of the molecule is Cc1cccc(-n2c(SCc3nc4ccccc4o3)nnc2N2CCOCC2)c1. The lowest BCUT2D eigenvalue weighted by Gasteiger charge is -2.28. The Morgan fingerprint density at radius 3 is 2.72 bits per heavy atom. The number of thioether (sulfide) groups is 1. The molecule has 3 heterocycles. The van der Waals surface area contributed by atoms with Crippen molar-refractivity contribution in [3.63, 3.8) is 0 Å². The number of fused-ring (bicyclic) bond motifs is 1. The number of hydrogen-bond acceptors (Lipinski definition) is 7. The van der Waals surface area contributed by atoms with Crippen LogP contribution in [0.3, 0.4) is 0 Å². The average Bonchev–Trinajstić information content (AvgIpc) is 3.36. The second kappa shape index (κ2) is 7.88. The van der Waals surface area contributed by atoms with Crippen LogP contribution in [0, 0.1) is 6.92 Å². The zero-order valence-electron chi connectivity index (χ0n) is 16.1. The normalized spacial score (nSPS) is 14.6. The summed E-state index contributed by atoms with van der Waals surface area (Å²) < 4.78 is 13.5. The van der Waals surface area contributed by atoms with Gasteiger partial charge >= 0.3 is 0 Å². The van der Waals surface area contributed by atoms with Gasteiger partial charge in [-0.05, 0) is 36.8 Å². The van der Waals surface area contributed by atoms with E-state index in [1.807, 2.05) is 24.3 Å². The molecule has 8 heteroatoms. The summed E-state index contributed by atoms with van der Waals surface area (Å²) in [6.07, 6.45) is 0. The molecule has 0 atom stereocenters. The Morgan fingerprint density at radius 2 is 1.90 bits per heavy atom. The molecule has 0 bridgehead atoms.